The molecular formula is C20H26N2O4. The van der Waals surface area contributed by atoms with Gasteiger partial charge in [-0.15, -0.1) is 0 Å². The molecule has 2 amide bonds. The Kier molecular flexibility index (Phi) is 5.30. The second kappa shape index (κ2) is 7.48. The van der Waals surface area contributed by atoms with Crippen LogP contribution in [0.3, 0.4) is 0 Å². The molecule has 2 aliphatic rings. The molecule has 140 valence electrons. The van der Waals surface area contributed by atoms with Gasteiger partial charge in [0.1, 0.15) is 5.54 Å². The molecule has 26 heavy (non-hydrogen) atoms. The third-order valence-corrected chi connectivity index (χ3v) is 5.70. The van der Waals surface area contributed by atoms with Crippen LogP contribution < -0.4 is 5.32 Å². The van der Waals surface area contributed by atoms with Crippen LogP contribution in [0.1, 0.15) is 62.2 Å². The zero-order valence-corrected chi connectivity index (χ0v) is 15.2. The molecule has 0 spiro atoms. The van der Waals surface area contributed by atoms with Crippen molar-refractivity contribution in [2.75, 3.05) is 11.9 Å². The average molecular weight is 358 g/mol. The summed E-state index contributed by atoms with van der Waals surface area (Å²) in [5.74, 6) is -1.24. The van der Waals surface area contributed by atoms with Crippen molar-refractivity contribution >= 4 is 23.5 Å². The van der Waals surface area contributed by atoms with E-state index in [1.807, 2.05) is 0 Å². The summed E-state index contributed by atoms with van der Waals surface area (Å²) in [4.78, 5) is 38.3. The van der Waals surface area contributed by atoms with Gasteiger partial charge in [0, 0.05) is 23.7 Å². The van der Waals surface area contributed by atoms with Crippen LogP contribution in [-0.4, -0.2) is 39.9 Å². The quantitative estimate of drug-likeness (QED) is 0.865. The summed E-state index contributed by atoms with van der Waals surface area (Å²) in [6, 6.07) is 6.79. The summed E-state index contributed by atoms with van der Waals surface area (Å²) in [5.41, 5.74) is -0.179. The lowest BCUT2D eigenvalue weighted by atomic mass is 9.88. The molecule has 3 rings (SSSR count). The van der Waals surface area contributed by atoms with E-state index >= 15 is 0 Å². The number of benzene rings is 1. The fraction of sp³-hybridized carbons (Fsp3) is 0.550. The van der Waals surface area contributed by atoms with E-state index in [-0.39, 0.29) is 17.7 Å². The van der Waals surface area contributed by atoms with Crippen molar-refractivity contribution < 1.29 is 19.5 Å². The van der Waals surface area contributed by atoms with Crippen LogP contribution in [0.25, 0.3) is 0 Å². The molecule has 1 unspecified atom stereocenters. The molecule has 1 saturated heterocycles. The molecule has 1 aromatic carbocycles. The van der Waals surface area contributed by atoms with Gasteiger partial charge in [0.2, 0.25) is 5.91 Å². The summed E-state index contributed by atoms with van der Waals surface area (Å²) in [6.07, 6.45) is 6.30. The van der Waals surface area contributed by atoms with E-state index < -0.39 is 11.5 Å². The predicted molar refractivity (Wildman–Crippen MR) is 98.0 cm³/mol. The number of hydrogen-bond acceptors (Lipinski definition) is 3. The van der Waals surface area contributed by atoms with Crippen molar-refractivity contribution in [2.24, 2.45) is 5.92 Å². The number of rotatable bonds is 4. The first-order chi connectivity index (χ1) is 12.4. The van der Waals surface area contributed by atoms with E-state index in [9.17, 15) is 19.5 Å². The number of carbonyl (C=O) groups excluding carboxylic acids is 2. The standard InChI is InChI=1S/C20H26N2O4/c1-20(19(25)26)11-6-12-22(20)18(24)15-9-5-10-16(13-15)21-17(23)14-7-3-2-4-8-14/h5,9-10,13-14H,2-4,6-8,11-12H2,1H3,(H,21,23)(H,25,26). The number of carbonyl (C=O) groups is 3. The first-order valence-corrected chi connectivity index (χ1v) is 9.38. The molecule has 6 nitrogen and oxygen atoms in total. The Balaban J connectivity index is 1.73. The summed E-state index contributed by atoms with van der Waals surface area (Å²) in [5, 5.41) is 12.4. The normalized spacial score (nSPS) is 23.7. The Labute approximate surface area is 153 Å². The van der Waals surface area contributed by atoms with Crippen LogP contribution >= 0.6 is 0 Å². The zero-order valence-electron chi connectivity index (χ0n) is 15.2. The second-order valence-electron chi connectivity index (χ2n) is 7.54. The highest BCUT2D eigenvalue weighted by Gasteiger charge is 2.46. The van der Waals surface area contributed by atoms with Crippen molar-refractivity contribution in [1.82, 2.24) is 4.90 Å². The van der Waals surface area contributed by atoms with Gasteiger partial charge >= 0.3 is 5.97 Å². The highest BCUT2D eigenvalue weighted by Crippen LogP contribution is 2.31. The summed E-state index contributed by atoms with van der Waals surface area (Å²) < 4.78 is 0. The number of amides is 2. The Bertz CT molecular complexity index is 712. The lowest BCUT2D eigenvalue weighted by molar-refractivity contribution is -0.147. The van der Waals surface area contributed by atoms with Crippen molar-refractivity contribution in [3.63, 3.8) is 0 Å². The number of carboxylic acid groups (broad SMARTS) is 1. The molecule has 1 aliphatic carbocycles. The summed E-state index contributed by atoms with van der Waals surface area (Å²) >= 11 is 0. The zero-order chi connectivity index (χ0) is 18.7. The maximum absolute atomic E-state index is 12.9. The number of likely N-dealkylation sites (tertiary alicyclic amines) is 1. The number of carboxylic acids is 1. The molecule has 1 atom stereocenters. The van der Waals surface area contributed by atoms with Crippen LogP contribution in [0.2, 0.25) is 0 Å². The van der Waals surface area contributed by atoms with Crippen LogP contribution in [0.5, 0.6) is 0 Å². The molecular weight excluding hydrogens is 332 g/mol. The Morgan fingerprint density at radius 2 is 1.88 bits per heavy atom. The van der Waals surface area contributed by atoms with Crippen LogP contribution in [0.15, 0.2) is 24.3 Å². The second-order valence-corrected chi connectivity index (χ2v) is 7.54. The van der Waals surface area contributed by atoms with Gasteiger partial charge in [0.15, 0.2) is 0 Å². The SMILES string of the molecule is CC1(C(=O)O)CCCN1C(=O)c1cccc(NC(=O)C2CCCCC2)c1. The number of nitrogens with one attached hydrogen (secondary N) is 1. The minimum Gasteiger partial charge on any atom is -0.480 e. The lowest BCUT2D eigenvalue weighted by Crippen LogP contribution is -2.50. The maximum Gasteiger partial charge on any atom is 0.329 e. The van der Waals surface area contributed by atoms with Gasteiger partial charge in [-0.2, -0.15) is 0 Å². The molecule has 1 saturated carbocycles. The predicted octanol–water partition coefficient (Wildman–Crippen LogP) is 3.28. The number of nitrogens with zero attached hydrogens (tertiary/aromatic N) is 1. The molecule has 0 aromatic heterocycles. The van der Waals surface area contributed by atoms with Gasteiger partial charge in [0.25, 0.3) is 5.91 Å². The van der Waals surface area contributed by atoms with Gasteiger partial charge < -0.3 is 15.3 Å². The Hall–Kier alpha value is -2.37. The largest absolute Gasteiger partial charge is 0.480 e. The molecule has 1 heterocycles. The third kappa shape index (κ3) is 3.59. The molecule has 0 radical (unpaired) electrons. The Morgan fingerprint density at radius 1 is 1.15 bits per heavy atom. The van der Waals surface area contributed by atoms with Crippen molar-refractivity contribution in [2.45, 2.75) is 57.4 Å². The maximum atomic E-state index is 12.9. The van der Waals surface area contributed by atoms with Gasteiger partial charge in [-0.3, -0.25) is 9.59 Å². The van der Waals surface area contributed by atoms with E-state index in [0.29, 0.717) is 30.6 Å². The average Bonchev–Trinajstić information content (AvgIpc) is 3.05. The fourth-order valence-electron chi connectivity index (χ4n) is 4.01. The molecule has 2 fully saturated rings. The van der Waals surface area contributed by atoms with Crippen molar-refractivity contribution in [3.05, 3.63) is 29.8 Å². The van der Waals surface area contributed by atoms with Crippen LogP contribution in [0.4, 0.5) is 5.69 Å². The highest BCUT2D eigenvalue weighted by molar-refractivity contribution is 6.00. The molecule has 0 bridgehead atoms. The first-order valence-electron chi connectivity index (χ1n) is 9.38. The summed E-state index contributed by atoms with van der Waals surface area (Å²) in [6.45, 7) is 2.02. The lowest BCUT2D eigenvalue weighted by Gasteiger charge is -2.31. The van der Waals surface area contributed by atoms with E-state index in [4.69, 9.17) is 0 Å². The van der Waals surface area contributed by atoms with Gasteiger partial charge in [-0.05, 0) is 50.8 Å². The van der Waals surface area contributed by atoms with Gasteiger partial charge in [-0.1, -0.05) is 25.3 Å². The van der Waals surface area contributed by atoms with Gasteiger partial charge in [0.05, 0.1) is 0 Å². The third-order valence-electron chi connectivity index (χ3n) is 5.70. The van der Waals surface area contributed by atoms with Crippen LogP contribution in [-0.2, 0) is 9.59 Å². The van der Waals surface area contributed by atoms with E-state index in [2.05, 4.69) is 5.32 Å². The van der Waals surface area contributed by atoms with E-state index in [1.165, 1.54) is 11.3 Å². The minimum absolute atomic E-state index is 0.00541. The topological polar surface area (TPSA) is 86.7 Å². The van der Waals surface area contributed by atoms with Crippen molar-refractivity contribution in [1.29, 1.82) is 0 Å². The number of anilines is 1. The van der Waals surface area contributed by atoms with E-state index in [1.54, 1.807) is 31.2 Å². The molecule has 1 aromatic rings. The minimum atomic E-state index is -1.17. The Morgan fingerprint density at radius 3 is 2.58 bits per heavy atom. The number of hydrogen-bond donors (Lipinski definition) is 2. The van der Waals surface area contributed by atoms with Gasteiger partial charge in [-0.25, -0.2) is 4.79 Å². The van der Waals surface area contributed by atoms with Crippen molar-refractivity contribution in [3.8, 4) is 0 Å². The van der Waals surface area contributed by atoms with E-state index in [0.717, 1.165) is 25.7 Å². The fourth-order valence-corrected chi connectivity index (χ4v) is 4.01. The first kappa shape index (κ1) is 18.4. The molecule has 6 heteroatoms. The number of aliphatic carboxylic acids is 1. The molecule has 1 aliphatic heterocycles. The summed E-state index contributed by atoms with van der Waals surface area (Å²) in [7, 11) is 0. The molecule has 2 N–H and O–H groups in total. The highest BCUT2D eigenvalue weighted by atomic mass is 16.4. The van der Waals surface area contributed by atoms with Crippen LogP contribution in [0, 0.1) is 5.92 Å². The smallest absolute Gasteiger partial charge is 0.329 e. The monoisotopic (exact) mass is 358 g/mol.